The number of nitrogens with two attached hydrogens (primary N) is 1. The summed E-state index contributed by atoms with van der Waals surface area (Å²) in [6.07, 6.45) is 0.958. The molecule has 18 heavy (non-hydrogen) atoms. The molecule has 96 valence electrons. The monoisotopic (exact) mass is 243 g/mol. The minimum Gasteiger partial charge on any atom is -0.461 e. The molecule has 0 saturated carbocycles. The highest BCUT2D eigenvalue weighted by Gasteiger charge is 2.11. The van der Waals surface area contributed by atoms with Crippen LogP contribution in [0.5, 0.6) is 0 Å². The molecule has 0 fully saturated rings. The largest absolute Gasteiger partial charge is 0.461 e. The van der Waals surface area contributed by atoms with Crippen LogP contribution in [0, 0.1) is 13.8 Å². The second kappa shape index (κ2) is 5.40. The summed E-state index contributed by atoms with van der Waals surface area (Å²) in [5.74, 6) is 2.35. The van der Waals surface area contributed by atoms with E-state index < -0.39 is 0 Å². The number of furan rings is 1. The van der Waals surface area contributed by atoms with Crippen molar-refractivity contribution in [1.29, 1.82) is 0 Å². The van der Waals surface area contributed by atoms with Gasteiger partial charge in [-0.2, -0.15) is 0 Å². The van der Waals surface area contributed by atoms with Crippen LogP contribution in [0.1, 0.15) is 36.1 Å². The number of rotatable bonds is 4. The van der Waals surface area contributed by atoms with Gasteiger partial charge in [-0.05, 0) is 56.1 Å². The number of hydrogen-bond donors (Lipinski definition) is 1. The van der Waals surface area contributed by atoms with Crippen LogP contribution in [0.3, 0.4) is 0 Å². The number of benzene rings is 1. The molecular weight excluding hydrogens is 222 g/mol. The van der Waals surface area contributed by atoms with Crippen molar-refractivity contribution >= 4 is 0 Å². The zero-order valence-corrected chi connectivity index (χ0v) is 11.4. The molecular formula is C16H21NO. The fourth-order valence-corrected chi connectivity index (χ4v) is 2.06. The molecule has 1 aromatic carbocycles. The Labute approximate surface area is 109 Å². The Morgan fingerprint density at radius 2 is 1.89 bits per heavy atom. The highest BCUT2D eigenvalue weighted by molar-refractivity contribution is 5.59. The normalized spacial score (nSPS) is 12.7. The van der Waals surface area contributed by atoms with E-state index in [2.05, 4.69) is 45.0 Å². The van der Waals surface area contributed by atoms with Gasteiger partial charge in [-0.3, -0.25) is 0 Å². The molecule has 2 heteroatoms. The van der Waals surface area contributed by atoms with Crippen LogP contribution in [0.2, 0.25) is 0 Å². The molecule has 2 aromatic rings. The molecule has 0 amide bonds. The molecule has 1 aromatic heterocycles. The van der Waals surface area contributed by atoms with Gasteiger partial charge < -0.3 is 10.2 Å². The average Bonchev–Trinajstić information content (AvgIpc) is 2.82. The van der Waals surface area contributed by atoms with Gasteiger partial charge >= 0.3 is 0 Å². The van der Waals surface area contributed by atoms with Gasteiger partial charge in [-0.1, -0.05) is 19.1 Å². The van der Waals surface area contributed by atoms with Gasteiger partial charge in [-0.15, -0.1) is 0 Å². The molecule has 1 unspecified atom stereocenters. The van der Waals surface area contributed by atoms with Crippen LogP contribution in [0.25, 0.3) is 11.3 Å². The lowest BCUT2D eigenvalue weighted by Crippen LogP contribution is -2.03. The lowest BCUT2D eigenvalue weighted by atomic mass is 10.0. The van der Waals surface area contributed by atoms with Crippen molar-refractivity contribution < 1.29 is 4.42 Å². The van der Waals surface area contributed by atoms with Crippen molar-refractivity contribution in [2.45, 2.75) is 33.1 Å². The highest BCUT2D eigenvalue weighted by Crippen LogP contribution is 2.28. The summed E-state index contributed by atoms with van der Waals surface area (Å²) in [4.78, 5) is 0. The third-order valence-electron chi connectivity index (χ3n) is 3.50. The van der Waals surface area contributed by atoms with Gasteiger partial charge in [0.2, 0.25) is 0 Å². The highest BCUT2D eigenvalue weighted by atomic mass is 16.3. The molecule has 2 rings (SSSR count). The Morgan fingerprint density at radius 3 is 2.56 bits per heavy atom. The van der Waals surface area contributed by atoms with Crippen molar-refractivity contribution in [1.82, 2.24) is 0 Å². The van der Waals surface area contributed by atoms with Crippen LogP contribution in [0.4, 0.5) is 0 Å². The summed E-state index contributed by atoms with van der Waals surface area (Å²) in [6, 6.07) is 10.5. The number of aryl methyl sites for hydroxylation is 2. The minimum atomic E-state index is 0.385. The second-order valence-electron chi connectivity index (χ2n) is 4.98. The predicted octanol–water partition coefficient (Wildman–Crippen LogP) is 4.02. The van der Waals surface area contributed by atoms with Gasteiger partial charge in [-0.25, -0.2) is 0 Å². The second-order valence-corrected chi connectivity index (χ2v) is 4.98. The van der Waals surface area contributed by atoms with Crippen molar-refractivity contribution in [2.75, 3.05) is 6.54 Å². The van der Waals surface area contributed by atoms with Crippen LogP contribution in [-0.4, -0.2) is 6.54 Å². The smallest absolute Gasteiger partial charge is 0.134 e. The molecule has 0 bridgehead atoms. The Bertz CT molecular complexity index is 528. The molecule has 0 aliphatic rings. The number of hydrogen-bond acceptors (Lipinski definition) is 2. The Kier molecular flexibility index (Phi) is 3.87. The first kappa shape index (κ1) is 12.9. The van der Waals surface area contributed by atoms with E-state index in [0.29, 0.717) is 12.5 Å². The first-order chi connectivity index (χ1) is 8.61. The van der Waals surface area contributed by atoms with E-state index in [4.69, 9.17) is 10.2 Å². The molecule has 0 radical (unpaired) electrons. The first-order valence-corrected chi connectivity index (χ1v) is 6.49. The Hall–Kier alpha value is -1.54. The summed E-state index contributed by atoms with van der Waals surface area (Å²) >= 11 is 0. The lowest BCUT2D eigenvalue weighted by Gasteiger charge is -2.06. The lowest BCUT2D eigenvalue weighted by molar-refractivity contribution is 0.474. The van der Waals surface area contributed by atoms with Gasteiger partial charge in [0, 0.05) is 11.5 Å². The van der Waals surface area contributed by atoms with Crippen LogP contribution < -0.4 is 5.73 Å². The molecule has 0 spiro atoms. The van der Waals surface area contributed by atoms with E-state index in [0.717, 1.165) is 23.5 Å². The maximum Gasteiger partial charge on any atom is 0.134 e. The molecule has 0 aliphatic heterocycles. The summed E-state index contributed by atoms with van der Waals surface area (Å²) < 4.78 is 5.92. The minimum absolute atomic E-state index is 0.385. The molecule has 2 N–H and O–H groups in total. The molecule has 0 saturated heterocycles. The molecule has 1 heterocycles. The SMILES string of the molecule is Cc1ccc(-c2ccc(C(C)CCN)o2)cc1C. The fourth-order valence-electron chi connectivity index (χ4n) is 2.06. The van der Waals surface area contributed by atoms with Crippen molar-refractivity contribution in [3.05, 3.63) is 47.2 Å². The first-order valence-electron chi connectivity index (χ1n) is 6.49. The standard InChI is InChI=1S/C16H21NO/c1-11-4-5-14(10-13(11)3)16-7-6-15(18-16)12(2)8-9-17/h4-7,10,12H,8-9,17H2,1-3H3. The van der Waals surface area contributed by atoms with Gasteiger partial charge in [0.25, 0.3) is 0 Å². The van der Waals surface area contributed by atoms with E-state index >= 15 is 0 Å². The van der Waals surface area contributed by atoms with Crippen LogP contribution >= 0.6 is 0 Å². The topological polar surface area (TPSA) is 39.2 Å². The van der Waals surface area contributed by atoms with E-state index in [1.807, 2.05) is 6.07 Å². The zero-order chi connectivity index (χ0) is 13.1. The van der Waals surface area contributed by atoms with Gasteiger partial charge in [0.1, 0.15) is 11.5 Å². The third kappa shape index (κ3) is 2.65. The Morgan fingerprint density at radius 1 is 1.11 bits per heavy atom. The zero-order valence-electron chi connectivity index (χ0n) is 11.4. The molecule has 1 atom stereocenters. The summed E-state index contributed by atoms with van der Waals surface area (Å²) in [6.45, 7) is 7.09. The maximum atomic E-state index is 5.92. The quantitative estimate of drug-likeness (QED) is 0.881. The third-order valence-corrected chi connectivity index (χ3v) is 3.50. The van der Waals surface area contributed by atoms with E-state index in [1.165, 1.54) is 11.1 Å². The maximum absolute atomic E-state index is 5.92. The van der Waals surface area contributed by atoms with Gasteiger partial charge in [0.15, 0.2) is 0 Å². The summed E-state index contributed by atoms with van der Waals surface area (Å²) in [7, 11) is 0. The van der Waals surface area contributed by atoms with E-state index in [9.17, 15) is 0 Å². The summed E-state index contributed by atoms with van der Waals surface area (Å²) in [5, 5.41) is 0. The van der Waals surface area contributed by atoms with E-state index in [1.54, 1.807) is 0 Å². The van der Waals surface area contributed by atoms with E-state index in [-0.39, 0.29) is 0 Å². The van der Waals surface area contributed by atoms with Gasteiger partial charge in [0.05, 0.1) is 0 Å². The van der Waals surface area contributed by atoms with Crippen LogP contribution in [-0.2, 0) is 0 Å². The van der Waals surface area contributed by atoms with Crippen molar-refractivity contribution in [3.63, 3.8) is 0 Å². The Balaban J connectivity index is 2.26. The van der Waals surface area contributed by atoms with Crippen LogP contribution in [0.15, 0.2) is 34.7 Å². The average molecular weight is 243 g/mol. The predicted molar refractivity (Wildman–Crippen MR) is 75.7 cm³/mol. The molecule has 0 aliphatic carbocycles. The van der Waals surface area contributed by atoms with Crippen molar-refractivity contribution in [3.8, 4) is 11.3 Å². The summed E-state index contributed by atoms with van der Waals surface area (Å²) in [5.41, 5.74) is 9.32. The molecule has 2 nitrogen and oxygen atoms in total. The fraction of sp³-hybridized carbons (Fsp3) is 0.375. The van der Waals surface area contributed by atoms with Crippen molar-refractivity contribution in [2.24, 2.45) is 5.73 Å².